The third kappa shape index (κ3) is 2.27. The van der Waals surface area contributed by atoms with Crippen LogP contribution < -0.4 is 0 Å². The van der Waals surface area contributed by atoms with Gasteiger partial charge in [0.1, 0.15) is 4.88 Å². The van der Waals surface area contributed by atoms with Gasteiger partial charge in [-0.25, -0.2) is 4.98 Å². The van der Waals surface area contributed by atoms with Crippen molar-refractivity contribution in [1.82, 2.24) is 9.88 Å². The molecule has 4 nitrogen and oxygen atoms in total. The van der Waals surface area contributed by atoms with Crippen LogP contribution in [-0.4, -0.2) is 42.1 Å². The third-order valence-electron chi connectivity index (χ3n) is 4.94. The highest BCUT2D eigenvalue weighted by atomic mass is 32.1. The number of methoxy groups -OCH3 is 1. The predicted molar refractivity (Wildman–Crippen MR) is 79.1 cm³/mol. The summed E-state index contributed by atoms with van der Waals surface area (Å²) in [5, 5.41) is 0. The quantitative estimate of drug-likeness (QED) is 0.842. The molecule has 1 aliphatic carbocycles. The van der Waals surface area contributed by atoms with Crippen LogP contribution in [0.3, 0.4) is 0 Å². The van der Waals surface area contributed by atoms with Crippen molar-refractivity contribution in [2.75, 3.05) is 20.2 Å². The minimum Gasteiger partial charge on any atom is -0.381 e. The maximum Gasteiger partial charge on any atom is 0.265 e. The van der Waals surface area contributed by atoms with E-state index in [4.69, 9.17) is 4.74 Å². The first-order valence-electron chi connectivity index (χ1n) is 7.38. The Bertz CT molecular complexity index is 502. The predicted octanol–water partition coefficient (Wildman–Crippen LogP) is 2.87. The van der Waals surface area contributed by atoms with E-state index in [0.717, 1.165) is 36.5 Å². The summed E-state index contributed by atoms with van der Waals surface area (Å²) < 4.78 is 5.70. The minimum atomic E-state index is 0.158. The van der Waals surface area contributed by atoms with Crippen molar-refractivity contribution in [3.05, 3.63) is 16.1 Å². The van der Waals surface area contributed by atoms with Crippen molar-refractivity contribution in [2.45, 2.75) is 45.1 Å². The van der Waals surface area contributed by atoms with Gasteiger partial charge in [0.2, 0.25) is 0 Å². The first-order chi connectivity index (χ1) is 9.66. The minimum absolute atomic E-state index is 0.158. The fraction of sp³-hybridized carbons (Fsp3) is 0.733. The number of rotatable bonds is 2. The van der Waals surface area contributed by atoms with E-state index < -0.39 is 0 Å². The monoisotopic (exact) mass is 294 g/mol. The van der Waals surface area contributed by atoms with Crippen molar-refractivity contribution in [3.63, 3.8) is 0 Å². The van der Waals surface area contributed by atoms with Crippen molar-refractivity contribution in [2.24, 2.45) is 5.41 Å². The van der Waals surface area contributed by atoms with Crippen molar-refractivity contribution in [1.29, 1.82) is 0 Å². The van der Waals surface area contributed by atoms with Crippen LogP contribution in [0.25, 0.3) is 0 Å². The van der Waals surface area contributed by atoms with E-state index in [9.17, 15) is 4.79 Å². The lowest BCUT2D eigenvalue weighted by molar-refractivity contribution is -0.0294. The smallest absolute Gasteiger partial charge is 0.265 e. The van der Waals surface area contributed by atoms with Gasteiger partial charge in [-0.05, 0) is 32.6 Å². The molecule has 2 fully saturated rings. The van der Waals surface area contributed by atoms with Crippen LogP contribution in [0.1, 0.15) is 47.5 Å². The second-order valence-corrected chi connectivity index (χ2v) is 6.93. The molecule has 0 aromatic carbocycles. The lowest BCUT2D eigenvalue weighted by atomic mass is 9.76. The summed E-state index contributed by atoms with van der Waals surface area (Å²) in [7, 11) is 1.81. The Balaban J connectivity index is 1.79. The molecule has 3 rings (SSSR count). The standard InChI is InChI=1S/C15H22N2O2S/c1-11-13(20-10-16-11)14(18)17-8-4-7-15(9-17)6-3-5-12(15)19-2/h10,12H,3-9H2,1-2H3/t12-,15-/m1/s1. The molecule has 1 saturated heterocycles. The number of nitrogens with zero attached hydrogens (tertiary/aromatic N) is 2. The van der Waals surface area contributed by atoms with Gasteiger partial charge in [-0.3, -0.25) is 4.79 Å². The number of ether oxygens (including phenoxy) is 1. The summed E-state index contributed by atoms with van der Waals surface area (Å²) in [5.74, 6) is 0.158. The van der Waals surface area contributed by atoms with Crippen LogP contribution in [0.2, 0.25) is 0 Å². The number of hydrogen-bond donors (Lipinski definition) is 0. The van der Waals surface area contributed by atoms with E-state index in [0.29, 0.717) is 6.10 Å². The highest BCUT2D eigenvalue weighted by Crippen LogP contribution is 2.46. The molecule has 1 aromatic heterocycles. The Morgan fingerprint density at radius 1 is 1.50 bits per heavy atom. The molecule has 110 valence electrons. The van der Waals surface area contributed by atoms with E-state index in [1.165, 1.54) is 30.6 Å². The van der Waals surface area contributed by atoms with Gasteiger partial charge in [-0.15, -0.1) is 11.3 Å². The average molecular weight is 294 g/mol. The molecule has 0 N–H and O–H groups in total. The molecule has 2 atom stereocenters. The highest BCUT2D eigenvalue weighted by molar-refractivity contribution is 7.11. The Kier molecular flexibility index (Phi) is 3.82. The second-order valence-electron chi connectivity index (χ2n) is 6.08. The average Bonchev–Trinajstić information content (AvgIpc) is 3.04. The second kappa shape index (κ2) is 5.45. The molecule has 2 heterocycles. The summed E-state index contributed by atoms with van der Waals surface area (Å²) in [4.78, 5) is 19.7. The third-order valence-corrected chi connectivity index (χ3v) is 5.86. The van der Waals surface area contributed by atoms with Crippen molar-refractivity contribution in [3.8, 4) is 0 Å². The summed E-state index contributed by atoms with van der Waals surface area (Å²) in [6.07, 6.45) is 6.15. The van der Waals surface area contributed by atoms with Crippen LogP contribution in [0, 0.1) is 12.3 Å². The molecule has 2 aliphatic rings. The number of aryl methyl sites for hydroxylation is 1. The first-order valence-corrected chi connectivity index (χ1v) is 8.26. The zero-order valence-corrected chi connectivity index (χ0v) is 13.0. The summed E-state index contributed by atoms with van der Waals surface area (Å²) in [5.41, 5.74) is 2.81. The number of carbonyl (C=O) groups excluding carboxylic acids is 1. The van der Waals surface area contributed by atoms with Crippen molar-refractivity contribution >= 4 is 17.2 Å². The topological polar surface area (TPSA) is 42.4 Å². The zero-order chi connectivity index (χ0) is 14.2. The zero-order valence-electron chi connectivity index (χ0n) is 12.2. The van der Waals surface area contributed by atoms with Gasteiger partial charge in [0, 0.05) is 25.6 Å². The molecular formula is C15H22N2O2S. The molecule has 1 aliphatic heterocycles. The maximum atomic E-state index is 12.7. The normalized spacial score (nSPS) is 30.1. The van der Waals surface area contributed by atoms with E-state index in [2.05, 4.69) is 4.98 Å². The van der Waals surface area contributed by atoms with Gasteiger partial charge < -0.3 is 9.64 Å². The Morgan fingerprint density at radius 3 is 3.00 bits per heavy atom. The molecule has 1 spiro atoms. The van der Waals surface area contributed by atoms with E-state index >= 15 is 0 Å². The lowest BCUT2D eigenvalue weighted by Crippen LogP contribution is -2.49. The van der Waals surface area contributed by atoms with Gasteiger partial charge in [0.15, 0.2) is 0 Å². The molecular weight excluding hydrogens is 272 g/mol. The number of piperidine rings is 1. The number of carbonyl (C=O) groups is 1. The SMILES string of the molecule is CO[C@@H]1CCC[C@]12CCCN(C(=O)c1scnc1C)C2. The molecule has 0 radical (unpaired) electrons. The number of likely N-dealkylation sites (tertiary alicyclic amines) is 1. The fourth-order valence-corrected chi connectivity index (χ4v) is 4.70. The van der Waals surface area contributed by atoms with Gasteiger partial charge >= 0.3 is 0 Å². The molecule has 5 heteroatoms. The highest BCUT2D eigenvalue weighted by Gasteiger charge is 2.46. The van der Waals surface area contributed by atoms with E-state index in [-0.39, 0.29) is 11.3 Å². The van der Waals surface area contributed by atoms with Crippen LogP contribution in [0.4, 0.5) is 0 Å². The first kappa shape index (κ1) is 14.0. The Morgan fingerprint density at radius 2 is 2.30 bits per heavy atom. The summed E-state index contributed by atoms with van der Waals surface area (Å²) >= 11 is 1.46. The number of hydrogen-bond acceptors (Lipinski definition) is 4. The number of aromatic nitrogens is 1. The van der Waals surface area contributed by atoms with Crippen LogP contribution in [0.5, 0.6) is 0 Å². The Labute approximate surface area is 124 Å². The van der Waals surface area contributed by atoms with Crippen LogP contribution >= 0.6 is 11.3 Å². The maximum absolute atomic E-state index is 12.7. The van der Waals surface area contributed by atoms with Gasteiger partial charge in [0.05, 0.1) is 17.3 Å². The van der Waals surface area contributed by atoms with E-state index in [1.54, 1.807) is 5.51 Å². The van der Waals surface area contributed by atoms with Gasteiger partial charge in [-0.2, -0.15) is 0 Å². The van der Waals surface area contributed by atoms with Crippen LogP contribution in [0.15, 0.2) is 5.51 Å². The molecule has 0 bridgehead atoms. The molecule has 1 amide bonds. The van der Waals surface area contributed by atoms with Gasteiger partial charge in [-0.1, -0.05) is 6.42 Å². The molecule has 0 unspecified atom stereocenters. The number of thiazole rings is 1. The Hall–Kier alpha value is -0.940. The molecule has 20 heavy (non-hydrogen) atoms. The van der Waals surface area contributed by atoms with Crippen molar-refractivity contribution < 1.29 is 9.53 Å². The molecule has 1 aromatic rings. The lowest BCUT2D eigenvalue weighted by Gasteiger charge is -2.43. The summed E-state index contributed by atoms with van der Waals surface area (Å²) in [6, 6.07) is 0. The fourth-order valence-electron chi connectivity index (χ4n) is 3.93. The van der Waals surface area contributed by atoms with E-state index in [1.807, 2.05) is 18.9 Å². The van der Waals surface area contributed by atoms with Gasteiger partial charge in [0.25, 0.3) is 5.91 Å². The summed E-state index contributed by atoms with van der Waals surface area (Å²) in [6.45, 7) is 3.63. The number of amides is 1. The largest absolute Gasteiger partial charge is 0.381 e. The van der Waals surface area contributed by atoms with Crippen LogP contribution in [-0.2, 0) is 4.74 Å². The molecule has 1 saturated carbocycles.